The maximum Gasteiger partial charge on any atom is 0.233 e. The summed E-state index contributed by atoms with van der Waals surface area (Å²) in [4.78, 5) is 12.6. The maximum absolute atomic E-state index is 12.6. The van der Waals surface area contributed by atoms with Crippen LogP contribution < -0.4 is 16.4 Å². The number of amides is 1. The Balaban J connectivity index is 1.79. The highest BCUT2D eigenvalue weighted by molar-refractivity contribution is 6.30. The van der Waals surface area contributed by atoms with Crippen molar-refractivity contribution in [3.8, 4) is 0 Å². The molecule has 1 saturated carbocycles. The number of rotatable bonds is 2. The van der Waals surface area contributed by atoms with Gasteiger partial charge in [-0.05, 0) is 49.8 Å². The molecule has 1 aromatic carbocycles. The summed E-state index contributed by atoms with van der Waals surface area (Å²) in [5.74, 6) is -0.0207. The van der Waals surface area contributed by atoms with Crippen LogP contribution in [0.3, 0.4) is 0 Å². The zero-order valence-electron chi connectivity index (χ0n) is 12.9. The number of anilines is 1. The Kier molecular flexibility index (Phi) is 4.57. The van der Waals surface area contributed by atoms with E-state index in [2.05, 4.69) is 10.6 Å². The Morgan fingerprint density at radius 2 is 2.13 bits per heavy atom. The average Bonchev–Trinajstić information content (AvgIpc) is 2.54. The molecule has 1 atom stereocenters. The first kappa shape index (κ1) is 15.9. The third-order valence-electron chi connectivity index (χ3n) is 4.51. The number of carbonyl (C=O) groups excluding carboxylic acids is 1. The van der Waals surface area contributed by atoms with E-state index in [9.17, 15) is 4.79 Å². The summed E-state index contributed by atoms with van der Waals surface area (Å²) >= 11 is 6.01. The first-order chi connectivity index (χ1) is 11.1. The number of nitrogens with one attached hydrogen (secondary N) is 3. The van der Waals surface area contributed by atoms with Gasteiger partial charge >= 0.3 is 0 Å². The highest BCUT2D eigenvalue weighted by Gasteiger charge is 2.27. The van der Waals surface area contributed by atoms with Crippen molar-refractivity contribution in [3.63, 3.8) is 0 Å². The van der Waals surface area contributed by atoms with Crippen LogP contribution >= 0.6 is 11.6 Å². The SMILES string of the molecule is N=C1CCCC/C1=C(\N)NC(=O)C1CCNc2cc(Cl)ccc21. The number of halogens is 1. The highest BCUT2D eigenvalue weighted by Crippen LogP contribution is 2.33. The molecule has 23 heavy (non-hydrogen) atoms. The molecule has 5 N–H and O–H groups in total. The minimum Gasteiger partial charge on any atom is -0.385 e. The summed E-state index contributed by atoms with van der Waals surface area (Å²) < 4.78 is 0. The first-order valence-corrected chi connectivity index (χ1v) is 8.34. The lowest BCUT2D eigenvalue weighted by atomic mass is 9.89. The maximum atomic E-state index is 12.6. The lowest BCUT2D eigenvalue weighted by molar-refractivity contribution is -0.122. The molecule has 3 rings (SSSR count). The van der Waals surface area contributed by atoms with Crippen LogP contribution in [0, 0.1) is 5.41 Å². The number of nitrogens with two attached hydrogens (primary N) is 1. The molecule has 0 saturated heterocycles. The lowest BCUT2D eigenvalue weighted by Crippen LogP contribution is -2.36. The quantitative estimate of drug-likeness (QED) is 0.670. The summed E-state index contributed by atoms with van der Waals surface area (Å²) in [5, 5.41) is 14.7. The summed E-state index contributed by atoms with van der Waals surface area (Å²) in [6, 6.07) is 5.53. The zero-order valence-corrected chi connectivity index (χ0v) is 13.7. The molecule has 0 radical (unpaired) electrons. The number of carbonyl (C=O) groups is 1. The van der Waals surface area contributed by atoms with Gasteiger partial charge in [-0.15, -0.1) is 0 Å². The van der Waals surface area contributed by atoms with Gasteiger partial charge in [0.05, 0.1) is 5.92 Å². The van der Waals surface area contributed by atoms with Crippen LogP contribution in [-0.4, -0.2) is 18.2 Å². The topological polar surface area (TPSA) is 91.0 Å². The molecular formula is C17H21ClN4O. The average molecular weight is 333 g/mol. The van der Waals surface area contributed by atoms with Crippen LogP contribution in [-0.2, 0) is 4.79 Å². The summed E-state index contributed by atoms with van der Waals surface area (Å²) in [6.07, 6.45) is 4.25. The second-order valence-electron chi connectivity index (χ2n) is 6.07. The Labute approximate surface area is 140 Å². The van der Waals surface area contributed by atoms with Gasteiger partial charge < -0.3 is 21.8 Å². The molecule has 1 fully saturated rings. The molecule has 1 aromatic rings. The van der Waals surface area contributed by atoms with Gasteiger partial charge in [-0.3, -0.25) is 4.79 Å². The highest BCUT2D eigenvalue weighted by atomic mass is 35.5. The Bertz CT molecular complexity index is 683. The Morgan fingerprint density at radius 1 is 1.35 bits per heavy atom. The van der Waals surface area contributed by atoms with E-state index in [0.29, 0.717) is 23.0 Å². The number of allylic oxidation sites excluding steroid dienone is 1. The number of fused-ring (bicyclic) bond motifs is 1. The van der Waals surface area contributed by atoms with Gasteiger partial charge in [-0.25, -0.2) is 0 Å². The molecule has 6 heteroatoms. The van der Waals surface area contributed by atoms with Crippen LogP contribution in [0.15, 0.2) is 29.6 Å². The molecule has 1 heterocycles. The second kappa shape index (κ2) is 6.62. The third-order valence-corrected chi connectivity index (χ3v) is 4.74. The van der Waals surface area contributed by atoms with Crippen molar-refractivity contribution in [1.82, 2.24) is 5.32 Å². The van der Waals surface area contributed by atoms with E-state index in [4.69, 9.17) is 22.7 Å². The predicted octanol–water partition coefficient (Wildman–Crippen LogP) is 3.12. The van der Waals surface area contributed by atoms with Crippen molar-refractivity contribution in [2.75, 3.05) is 11.9 Å². The van der Waals surface area contributed by atoms with Crippen molar-refractivity contribution in [3.05, 3.63) is 40.2 Å². The smallest absolute Gasteiger partial charge is 0.233 e. The number of hydrogen-bond donors (Lipinski definition) is 4. The van der Waals surface area contributed by atoms with E-state index in [1.807, 2.05) is 12.1 Å². The minimum absolute atomic E-state index is 0.113. The van der Waals surface area contributed by atoms with E-state index in [1.54, 1.807) is 6.07 Å². The van der Waals surface area contributed by atoms with Crippen LogP contribution in [0.1, 0.15) is 43.6 Å². The number of hydrogen-bond acceptors (Lipinski definition) is 4. The molecular weight excluding hydrogens is 312 g/mol. The molecule has 0 bridgehead atoms. The van der Waals surface area contributed by atoms with Gasteiger partial charge in [-0.1, -0.05) is 17.7 Å². The van der Waals surface area contributed by atoms with Gasteiger partial charge in [0.1, 0.15) is 5.82 Å². The van der Waals surface area contributed by atoms with E-state index >= 15 is 0 Å². The van der Waals surface area contributed by atoms with Crippen molar-refractivity contribution >= 4 is 28.9 Å². The molecule has 2 aliphatic rings. The number of benzene rings is 1. The second-order valence-corrected chi connectivity index (χ2v) is 6.50. The lowest BCUT2D eigenvalue weighted by Gasteiger charge is -2.27. The zero-order chi connectivity index (χ0) is 16.4. The Hall–Kier alpha value is -2.01. The van der Waals surface area contributed by atoms with Gasteiger partial charge in [0.25, 0.3) is 0 Å². The van der Waals surface area contributed by atoms with E-state index in [0.717, 1.165) is 49.1 Å². The largest absolute Gasteiger partial charge is 0.385 e. The molecule has 0 aromatic heterocycles. The van der Waals surface area contributed by atoms with Crippen LogP contribution in [0.2, 0.25) is 5.02 Å². The standard InChI is InChI=1S/C17H21ClN4O/c18-10-5-6-11-12(7-8-21-15(11)9-10)17(23)22-16(20)13-3-1-2-4-14(13)19/h5-6,9,12,19,21H,1-4,7-8,20H2,(H,22,23)/b16-13-,19-14?. The molecule has 1 unspecified atom stereocenters. The van der Waals surface area contributed by atoms with Gasteiger partial charge in [0.15, 0.2) is 0 Å². The fraction of sp³-hybridized carbons (Fsp3) is 0.412. The van der Waals surface area contributed by atoms with Crippen molar-refractivity contribution in [2.24, 2.45) is 5.73 Å². The van der Waals surface area contributed by atoms with E-state index in [1.165, 1.54) is 0 Å². The molecule has 5 nitrogen and oxygen atoms in total. The fourth-order valence-electron chi connectivity index (χ4n) is 3.26. The third kappa shape index (κ3) is 3.34. The van der Waals surface area contributed by atoms with Crippen molar-refractivity contribution in [1.29, 1.82) is 5.41 Å². The monoisotopic (exact) mass is 332 g/mol. The van der Waals surface area contributed by atoms with Crippen LogP contribution in [0.5, 0.6) is 0 Å². The molecule has 1 aliphatic heterocycles. The van der Waals surface area contributed by atoms with Crippen LogP contribution in [0.4, 0.5) is 5.69 Å². The van der Waals surface area contributed by atoms with E-state index < -0.39 is 0 Å². The van der Waals surface area contributed by atoms with Gasteiger partial charge in [0.2, 0.25) is 5.91 Å². The summed E-state index contributed by atoms with van der Waals surface area (Å²) in [5.41, 5.74) is 9.24. The Morgan fingerprint density at radius 3 is 2.91 bits per heavy atom. The molecule has 0 spiro atoms. The molecule has 122 valence electrons. The molecule has 1 amide bonds. The first-order valence-electron chi connectivity index (χ1n) is 7.97. The van der Waals surface area contributed by atoms with Crippen molar-refractivity contribution < 1.29 is 4.79 Å². The summed E-state index contributed by atoms with van der Waals surface area (Å²) in [6.45, 7) is 0.720. The van der Waals surface area contributed by atoms with Gasteiger partial charge in [0, 0.05) is 28.5 Å². The van der Waals surface area contributed by atoms with Crippen molar-refractivity contribution in [2.45, 2.75) is 38.0 Å². The summed E-state index contributed by atoms with van der Waals surface area (Å²) in [7, 11) is 0. The predicted molar refractivity (Wildman–Crippen MR) is 92.9 cm³/mol. The molecule has 1 aliphatic carbocycles. The minimum atomic E-state index is -0.250. The van der Waals surface area contributed by atoms with Gasteiger partial charge in [-0.2, -0.15) is 0 Å². The normalized spacial score (nSPS) is 22.8. The van der Waals surface area contributed by atoms with Crippen LogP contribution in [0.25, 0.3) is 0 Å². The van der Waals surface area contributed by atoms with E-state index in [-0.39, 0.29) is 11.8 Å². The fourth-order valence-corrected chi connectivity index (χ4v) is 3.43.